The van der Waals surface area contributed by atoms with Gasteiger partial charge in [-0.1, -0.05) is 0 Å². The van der Waals surface area contributed by atoms with Crippen LogP contribution in [-0.4, -0.2) is 23.7 Å². The second kappa shape index (κ2) is 7.84. The van der Waals surface area contributed by atoms with Gasteiger partial charge in [0.05, 0.1) is 0 Å². The molecule has 11 heavy (non-hydrogen) atoms. The van der Waals surface area contributed by atoms with E-state index in [9.17, 15) is 4.79 Å². The van der Waals surface area contributed by atoms with Crippen LogP contribution in [0.5, 0.6) is 0 Å². The number of amides is 1. The molecule has 0 aromatic rings. The number of hydrogen-bond acceptors (Lipinski definition) is 3. The van der Waals surface area contributed by atoms with Gasteiger partial charge in [0.25, 0.3) is 0 Å². The van der Waals surface area contributed by atoms with Crippen molar-refractivity contribution in [2.24, 2.45) is 0 Å². The second-order valence-corrected chi connectivity index (χ2v) is 1.72. The maximum atomic E-state index is 10.1. The van der Waals surface area contributed by atoms with E-state index in [-0.39, 0.29) is 35.5 Å². The van der Waals surface area contributed by atoms with Crippen LogP contribution in [0.4, 0.5) is 4.79 Å². The van der Waals surface area contributed by atoms with Crippen LogP contribution in [0.1, 0.15) is 12.8 Å². The van der Waals surface area contributed by atoms with Crippen LogP contribution < -0.4 is 40.0 Å². The molecule has 0 atom stereocenters. The Balaban J connectivity index is 0. The maximum Gasteiger partial charge on any atom is 1.00 e. The third-order valence-electron chi connectivity index (χ3n) is 0.903. The van der Waals surface area contributed by atoms with Crippen LogP contribution in [0.2, 0.25) is 0 Å². The first-order valence-corrected chi connectivity index (χ1v) is 2.79. The molecule has 1 heterocycles. The van der Waals surface area contributed by atoms with E-state index in [2.05, 4.69) is 5.32 Å². The summed E-state index contributed by atoms with van der Waals surface area (Å²) in [6, 6.07) is 0. The van der Waals surface area contributed by atoms with E-state index >= 15 is 0 Å². The number of rotatable bonds is 0. The summed E-state index contributed by atoms with van der Waals surface area (Å²) in [5.41, 5.74) is 0. The smallest absolute Gasteiger partial charge is 0.565 e. The molecule has 0 aromatic heterocycles. The number of hydrogen-bond donors (Lipinski definition) is 2. The van der Waals surface area contributed by atoms with Crippen LogP contribution in [-0.2, 0) is 4.79 Å². The summed E-state index contributed by atoms with van der Waals surface area (Å²) in [6.45, 7) is 0.888. The van der Waals surface area contributed by atoms with Crippen LogP contribution in [0.15, 0.2) is 0 Å². The molecule has 0 saturated carbocycles. The standard InChI is InChI=1S/C4H7NO.CH2O3.Na/c6-4-2-1-3-5-4;2-1(3)4;/h1-3H2,(H,5,6);(H2,2,3,4);/q;;+1/p-1. The van der Waals surface area contributed by atoms with Gasteiger partial charge in [-0.2, -0.15) is 0 Å². The Morgan fingerprint density at radius 2 is 2.09 bits per heavy atom. The molecule has 0 aliphatic carbocycles. The maximum absolute atomic E-state index is 10.1. The molecular formula is C5H8NNaO4. The summed E-state index contributed by atoms with van der Waals surface area (Å²) in [5.74, 6) is 0.204. The van der Waals surface area contributed by atoms with Gasteiger partial charge in [-0.15, -0.1) is 0 Å². The third-order valence-corrected chi connectivity index (χ3v) is 0.903. The van der Waals surface area contributed by atoms with E-state index in [1.54, 1.807) is 0 Å². The first-order valence-electron chi connectivity index (χ1n) is 2.79. The van der Waals surface area contributed by atoms with E-state index in [0.717, 1.165) is 19.4 Å². The zero-order chi connectivity index (χ0) is 7.98. The second-order valence-electron chi connectivity index (χ2n) is 1.72. The third kappa shape index (κ3) is 12.8. The van der Waals surface area contributed by atoms with E-state index in [1.807, 2.05) is 0 Å². The van der Waals surface area contributed by atoms with E-state index in [1.165, 1.54) is 0 Å². The van der Waals surface area contributed by atoms with Crippen LogP contribution >= 0.6 is 0 Å². The Kier molecular flexibility index (Phi) is 9.51. The molecule has 6 heteroatoms. The van der Waals surface area contributed by atoms with Crippen molar-refractivity contribution < 1.29 is 49.4 Å². The van der Waals surface area contributed by atoms with Crippen LogP contribution in [0.25, 0.3) is 0 Å². The van der Waals surface area contributed by atoms with E-state index in [4.69, 9.17) is 15.0 Å². The van der Waals surface area contributed by atoms with Gasteiger partial charge in [0.15, 0.2) is 0 Å². The van der Waals surface area contributed by atoms with E-state index in [0.29, 0.717) is 0 Å². The van der Waals surface area contributed by atoms with Crippen molar-refractivity contribution in [3.63, 3.8) is 0 Å². The minimum absolute atomic E-state index is 0. The zero-order valence-corrected chi connectivity index (χ0v) is 8.29. The fourth-order valence-corrected chi connectivity index (χ4v) is 0.565. The molecule has 0 aromatic carbocycles. The van der Waals surface area contributed by atoms with Crippen molar-refractivity contribution in [2.45, 2.75) is 12.8 Å². The Morgan fingerprint density at radius 3 is 2.18 bits per heavy atom. The van der Waals surface area contributed by atoms with Crippen molar-refractivity contribution in [3.05, 3.63) is 0 Å². The summed E-state index contributed by atoms with van der Waals surface area (Å²) < 4.78 is 0. The molecule has 1 saturated heterocycles. The van der Waals surface area contributed by atoms with Gasteiger partial charge in [-0.3, -0.25) is 4.79 Å². The van der Waals surface area contributed by atoms with Gasteiger partial charge in [-0.05, 0) is 6.42 Å². The molecule has 1 aliphatic rings. The van der Waals surface area contributed by atoms with Gasteiger partial charge >= 0.3 is 29.6 Å². The predicted molar refractivity (Wildman–Crippen MR) is 30.3 cm³/mol. The molecule has 0 bridgehead atoms. The van der Waals surface area contributed by atoms with Crippen molar-refractivity contribution in [1.29, 1.82) is 0 Å². The summed E-state index contributed by atoms with van der Waals surface area (Å²) in [6.07, 6.45) is -0.321. The Bertz CT molecular complexity index is 126. The molecular weight excluding hydrogens is 161 g/mol. The van der Waals surface area contributed by atoms with Crippen molar-refractivity contribution in [1.82, 2.24) is 5.32 Å². The number of carbonyl (C=O) groups excluding carboxylic acids is 1. The van der Waals surface area contributed by atoms with Gasteiger partial charge < -0.3 is 20.3 Å². The van der Waals surface area contributed by atoms with Crippen molar-refractivity contribution in [2.75, 3.05) is 6.54 Å². The van der Waals surface area contributed by atoms with Gasteiger partial charge in [-0.25, -0.2) is 0 Å². The first-order chi connectivity index (χ1) is 4.63. The molecule has 0 radical (unpaired) electrons. The fourth-order valence-electron chi connectivity index (χ4n) is 0.565. The Hall–Kier alpha value is -0.260. The van der Waals surface area contributed by atoms with Crippen molar-refractivity contribution in [3.8, 4) is 0 Å². The predicted octanol–water partition coefficient (Wildman–Crippen LogP) is -4.21. The first kappa shape index (κ1) is 13.3. The number of carbonyl (C=O) groups is 2. The molecule has 1 fully saturated rings. The summed E-state index contributed by atoms with van der Waals surface area (Å²) >= 11 is 0. The molecule has 2 N–H and O–H groups in total. The molecule has 0 unspecified atom stereocenters. The zero-order valence-electron chi connectivity index (χ0n) is 6.29. The van der Waals surface area contributed by atoms with Crippen LogP contribution in [0.3, 0.4) is 0 Å². The summed E-state index contributed by atoms with van der Waals surface area (Å²) in [7, 11) is 0. The van der Waals surface area contributed by atoms with Gasteiger partial charge in [0.2, 0.25) is 12.1 Å². The van der Waals surface area contributed by atoms with Gasteiger partial charge in [0, 0.05) is 13.0 Å². The number of carboxylic acid groups (broad SMARTS) is 2. The minimum Gasteiger partial charge on any atom is -0.565 e. The largest absolute Gasteiger partial charge is 1.00 e. The Morgan fingerprint density at radius 1 is 1.64 bits per heavy atom. The Labute approximate surface area is 86.1 Å². The molecule has 5 nitrogen and oxygen atoms in total. The average Bonchev–Trinajstić information content (AvgIpc) is 2.15. The molecule has 1 rings (SSSR count). The average molecular weight is 169 g/mol. The fraction of sp³-hybridized carbons (Fsp3) is 0.600. The number of nitrogens with one attached hydrogen (secondary N) is 1. The molecule has 58 valence electrons. The minimum atomic E-state index is -2.08. The summed E-state index contributed by atoms with van der Waals surface area (Å²) in [5, 5.41) is 18.0. The topological polar surface area (TPSA) is 89.5 Å². The summed E-state index contributed by atoms with van der Waals surface area (Å²) in [4.78, 5) is 18.6. The molecule has 1 aliphatic heterocycles. The normalized spacial score (nSPS) is 13.6. The quantitative estimate of drug-likeness (QED) is 0.360. The van der Waals surface area contributed by atoms with Gasteiger partial charge in [0.1, 0.15) is 0 Å². The SMILES string of the molecule is O=C([O-])O.O=C1CCCN1.[Na+]. The van der Waals surface area contributed by atoms with E-state index < -0.39 is 6.16 Å². The monoisotopic (exact) mass is 169 g/mol. The van der Waals surface area contributed by atoms with Crippen LogP contribution in [0, 0.1) is 0 Å². The van der Waals surface area contributed by atoms with Crippen molar-refractivity contribution >= 4 is 12.1 Å². The molecule has 1 amide bonds. The molecule has 0 spiro atoms.